The maximum absolute atomic E-state index is 5.98. The molecule has 1 fully saturated rings. The number of ether oxygens (including phenoxy) is 2. The summed E-state index contributed by atoms with van der Waals surface area (Å²) in [5.41, 5.74) is 7.15. The Bertz CT molecular complexity index is 548. The largest absolute Gasteiger partial charge is 0.493 e. The van der Waals surface area contributed by atoms with Crippen molar-refractivity contribution in [1.82, 2.24) is 10.2 Å². The average molecular weight is 334 g/mol. The van der Waals surface area contributed by atoms with Crippen LogP contribution in [0.15, 0.2) is 23.2 Å². The van der Waals surface area contributed by atoms with Crippen LogP contribution in [0.25, 0.3) is 0 Å². The summed E-state index contributed by atoms with van der Waals surface area (Å²) in [6.45, 7) is 6.00. The molecule has 2 rings (SSSR count). The maximum Gasteiger partial charge on any atom is 0.188 e. The second-order valence-corrected chi connectivity index (χ2v) is 6.02. The first-order valence-electron chi connectivity index (χ1n) is 8.66. The minimum absolute atomic E-state index is 0.526. The number of benzene rings is 1. The van der Waals surface area contributed by atoms with E-state index in [2.05, 4.69) is 22.1 Å². The van der Waals surface area contributed by atoms with Gasteiger partial charge in [0.25, 0.3) is 0 Å². The molecule has 1 aliphatic heterocycles. The number of likely N-dealkylation sites (N-methyl/N-ethyl adjacent to an activating group) is 1. The molecular formula is C18H30N4O2. The van der Waals surface area contributed by atoms with Gasteiger partial charge in [-0.1, -0.05) is 13.0 Å². The molecule has 6 heteroatoms. The normalized spacial score (nSPS) is 18.6. The third-order valence-corrected chi connectivity index (χ3v) is 4.55. The summed E-state index contributed by atoms with van der Waals surface area (Å²) in [4.78, 5) is 6.97. The number of nitrogens with one attached hydrogen (secondary N) is 1. The summed E-state index contributed by atoms with van der Waals surface area (Å²) >= 11 is 0. The number of guanidine groups is 1. The number of hydrogen-bond donors (Lipinski definition) is 2. The van der Waals surface area contributed by atoms with Crippen molar-refractivity contribution in [1.29, 1.82) is 0 Å². The number of hydrogen-bond acceptors (Lipinski definition) is 4. The van der Waals surface area contributed by atoms with Crippen molar-refractivity contribution in [2.75, 3.05) is 40.4 Å². The van der Waals surface area contributed by atoms with Crippen LogP contribution >= 0.6 is 0 Å². The van der Waals surface area contributed by atoms with E-state index in [1.165, 1.54) is 24.9 Å². The molecular weight excluding hydrogens is 304 g/mol. The Morgan fingerprint density at radius 3 is 2.83 bits per heavy atom. The molecule has 1 aromatic carbocycles. The molecule has 0 aliphatic carbocycles. The van der Waals surface area contributed by atoms with E-state index < -0.39 is 0 Å². The zero-order chi connectivity index (χ0) is 17.4. The highest BCUT2D eigenvalue weighted by Crippen LogP contribution is 2.27. The second kappa shape index (κ2) is 9.37. The maximum atomic E-state index is 5.98. The van der Waals surface area contributed by atoms with Crippen LogP contribution in [0.5, 0.6) is 11.5 Å². The van der Waals surface area contributed by atoms with Crippen molar-refractivity contribution < 1.29 is 9.47 Å². The van der Waals surface area contributed by atoms with E-state index in [0.717, 1.165) is 37.6 Å². The van der Waals surface area contributed by atoms with Crippen LogP contribution in [0.2, 0.25) is 0 Å². The summed E-state index contributed by atoms with van der Waals surface area (Å²) in [6, 6.07) is 6.49. The lowest BCUT2D eigenvalue weighted by Crippen LogP contribution is -2.36. The Morgan fingerprint density at radius 2 is 2.12 bits per heavy atom. The molecule has 3 N–H and O–H groups in total. The van der Waals surface area contributed by atoms with Gasteiger partial charge in [0, 0.05) is 12.6 Å². The van der Waals surface area contributed by atoms with Crippen molar-refractivity contribution in [2.45, 2.75) is 32.2 Å². The highest BCUT2D eigenvalue weighted by atomic mass is 16.5. The third kappa shape index (κ3) is 5.03. The van der Waals surface area contributed by atoms with Crippen molar-refractivity contribution in [3.63, 3.8) is 0 Å². The number of nitrogens with two attached hydrogens (primary N) is 1. The molecule has 0 bridgehead atoms. The highest BCUT2D eigenvalue weighted by molar-refractivity contribution is 5.77. The lowest BCUT2D eigenvalue weighted by molar-refractivity contribution is 0.273. The molecule has 1 aromatic rings. The minimum Gasteiger partial charge on any atom is -0.493 e. The zero-order valence-corrected chi connectivity index (χ0v) is 15.0. The minimum atomic E-state index is 0.526. The van der Waals surface area contributed by atoms with Crippen molar-refractivity contribution in [2.24, 2.45) is 10.7 Å². The number of methoxy groups -OCH3 is 2. The molecule has 0 spiro atoms. The Hall–Kier alpha value is -1.95. The van der Waals surface area contributed by atoms with Crippen LogP contribution in [-0.2, 0) is 6.42 Å². The van der Waals surface area contributed by atoms with Gasteiger partial charge in [-0.2, -0.15) is 0 Å². The Balaban J connectivity index is 1.77. The third-order valence-electron chi connectivity index (χ3n) is 4.55. The smallest absolute Gasteiger partial charge is 0.188 e. The van der Waals surface area contributed by atoms with Gasteiger partial charge < -0.3 is 20.5 Å². The monoisotopic (exact) mass is 334 g/mol. The molecule has 1 aliphatic rings. The predicted octanol–water partition coefficient (Wildman–Crippen LogP) is 1.63. The zero-order valence-electron chi connectivity index (χ0n) is 15.0. The molecule has 0 aromatic heterocycles. The lowest BCUT2D eigenvalue weighted by Gasteiger charge is -2.21. The fourth-order valence-corrected chi connectivity index (χ4v) is 3.15. The van der Waals surface area contributed by atoms with E-state index in [4.69, 9.17) is 15.2 Å². The van der Waals surface area contributed by atoms with E-state index in [9.17, 15) is 0 Å². The molecule has 6 nitrogen and oxygen atoms in total. The van der Waals surface area contributed by atoms with Crippen LogP contribution in [0.4, 0.5) is 0 Å². The Kier molecular flexibility index (Phi) is 7.18. The van der Waals surface area contributed by atoms with Crippen LogP contribution in [-0.4, -0.2) is 57.3 Å². The molecule has 134 valence electrons. The van der Waals surface area contributed by atoms with Gasteiger partial charge in [0.1, 0.15) is 0 Å². The number of likely N-dealkylation sites (tertiary alicyclic amines) is 1. The first kappa shape index (κ1) is 18.4. The van der Waals surface area contributed by atoms with Gasteiger partial charge in [0.2, 0.25) is 0 Å². The van der Waals surface area contributed by atoms with Crippen molar-refractivity contribution >= 4 is 5.96 Å². The lowest BCUT2D eigenvalue weighted by atomic mass is 10.1. The first-order chi connectivity index (χ1) is 11.7. The summed E-state index contributed by atoms with van der Waals surface area (Å²) in [7, 11) is 3.29. The van der Waals surface area contributed by atoms with E-state index in [1.807, 2.05) is 18.2 Å². The van der Waals surface area contributed by atoms with E-state index in [1.54, 1.807) is 14.2 Å². The molecule has 0 saturated carbocycles. The summed E-state index contributed by atoms with van der Waals surface area (Å²) in [5.74, 6) is 2.02. The van der Waals surface area contributed by atoms with Gasteiger partial charge in [-0.05, 0) is 50.0 Å². The van der Waals surface area contributed by atoms with Crippen molar-refractivity contribution in [3.05, 3.63) is 23.8 Å². The van der Waals surface area contributed by atoms with Crippen molar-refractivity contribution in [3.8, 4) is 11.5 Å². The number of nitrogens with zero attached hydrogens (tertiary/aromatic N) is 2. The molecule has 24 heavy (non-hydrogen) atoms. The SMILES string of the molecule is CCN1CCCC1CN=C(N)NCCc1ccc(OC)c(OC)c1. The average Bonchev–Trinajstić information content (AvgIpc) is 3.07. The Morgan fingerprint density at radius 1 is 1.33 bits per heavy atom. The predicted molar refractivity (Wildman–Crippen MR) is 98.0 cm³/mol. The van der Waals surface area contributed by atoms with E-state index in [0.29, 0.717) is 12.0 Å². The van der Waals surface area contributed by atoms with Crippen LogP contribution in [0.3, 0.4) is 0 Å². The summed E-state index contributed by atoms with van der Waals surface area (Å²) in [5, 5.41) is 3.19. The van der Waals surface area contributed by atoms with Gasteiger partial charge >= 0.3 is 0 Å². The fraction of sp³-hybridized carbons (Fsp3) is 0.611. The quantitative estimate of drug-likeness (QED) is 0.558. The second-order valence-electron chi connectivity index (χ2n) is 6.02. The topological polar surface area (TPSA) is 72.1 Å². The standard InChI is InChI=1S/C18H30N4O2/c1-4-22-11-5-6-15(22)13-21-18(19)20-10-9-14-7-8-16(23-2)17(12-14)24-3/h7-8,12,15H,4-6,9-11,13H2,1-3H3,(H3,19,20,21). The summed E-state index contributed by atoms with van der Waals surface area (Å²) in [6.07, 6.45) is 3.33. The molecule has 0 amide bonds. The first-order valence-corrected chi connectivity index (χ1v) is 8.66. The van der Waals surface area contributed by atoms with Gasteiger partial charge in [-0.3, -0.25) is 9.89 Å². The highest BCUT2D eigenvalue weighted by Gasteiger charge is 2.22. The molecule has 1 saturated heterocycles. The van der Waals surface area contributed by atoms with E-state index >= 15 is 0 Å². The van der Waals surface area contributed by atoms with Gasteiger partial charge in [-0.25, -0.2) is 0 Å². The van der Waals surface area contributed by atoms with Crippen LogP contribution in [0, 0.1) is 0 Å². The van der Waals surface area contributed by atoms with Gasteiger partial charge in [-0.15, -0.1) is 0 Å². The van der Waals surface area contributed by atoms with Crippen LogP contribution in [0.1, 0.15) is 25.3 Å². The Labute approximate surface area is 145 Å². The molecule has 1 unspecified atom stereocenters. The van der Waals surface area contributed by atoms with E-state index in [-0.39, 0.29) is 0 Å². The van der Waals surface area contributed by atoms with Crippen LogP contribution < -0.4 is 20.5 Å². The van der Waals surface area contributed by atoms with Gasteiger partial charge in [0.05, 0.1) is 20.8 Å². The molecule has 1 heterocycles. The molecule has 0 radical (unpaired) electrons. The molecule has 1 atom stereocenters. The summed E-state index contributed by atoms with van der Waals surface area (Å²) < 4.78 is 10.6. The number of aliphatic imine (C=N–C) groups is 1. The fourth-order valence-electron chi connectivity index (χ4n) is 3.15. The number of rotatable bonds is 8. The van der Waals surface area contributed by atoms with Gasteiger partial charge in [0.15, 0.2) is 17.5 Å².